The molecule has 0 aliphatic carbocycles. The first-order valence-corrected chi connectivity index (χ1v) is 7.73. The molecule has 1 aliphatic rings. The number of aromatic nitrogens is 1. The summed E-state index contributed by atoms with van der Waals surface area (Å²) in [6, 6.07) is 10.6. The summed E-state index contributed by atoms with van der Waals surface area (Å²) in [5.74, 6) is 0.312. The number of hydrogen-bond acceptors (Lipinski definition) is 4. The van der Waals surface area contributed by atoms with Crippen LogP contribution >= 0.6 is 0 Å². The minimum Gasteiger partial charge on any atom is -0.406 e. The van der Waals surface area contributed by atoms with Crippen LogP contribution < -0.4 is 9.64 Å². The molecule has 132 valence electrons. The summed E-state index contributed by atoms with van der Waals surface area (Å²) in [5, 5.41) is 0. The van der Waals surface area contributed by atoms with Crippen molar-refractivity contribution in [2.45, 2.75) is 6.36 Å². The van der Waals surface area contributed by atoms with Crippen LogP contribution in [0.5, 0.6) is 5.75 Å². The van der Waals surface area contributed by atoms with Crippen LogP contribution in [0.3, 0.4) is 0 Å². The van der Waals surface area contributed by atoms with Crippen LogP contribution in [0.4, 0.5) is 19.0 Å². The van der Waals surface area contributed by atoms with Gasteiger partial charge in [0.2, 0.25) is 0 Å². The van der Waals surface area contributed by atoms with Crippen LogP contribution in [0.2, 0.25) is 0 Å². The fourth-order valence-electron chi connectivity index (χ4n) is 2.66. The normalized spacial score (nSPS) is 15.2. The molecule has 0 unspecified atom stereocenters. The fourth-order valence-corrected chi connectivity index (χ4v) is 2.66. The monoisotopic (exact) mass is 351 g/mol. The van der Waals surface area contributed by atoms with Crippen molar-refractivity contribution in [1.82, 2.24) is 9.88 Å². The molecule has 1 aromatic heterocycles. The average molecular weight is 351 g/mol. The van der Waals surface area contributed by atoms with Gasteiger partial charge in [0, 0.05) is 37.9 Å². The van der Waals surface area contributed by atoms with Crippen LogP contribution in [0, 0.1) is 0 Å². The molecule has 0 saturated carbocycles. The van der Waals surface area contributed by atoms with E-state index in [4.69, 9.17) is 0 Å². The molecule has 1 saturated heterocycles. The van der Waals surface area contributed by atoms with Gasteiger partial charge >= 0.3 is 6.36 Å². The van der Waals surface area contributed by atoms with Gasteiger partial charge in [-0.1, -0.05) is 6.07 Å². The first-order chi connectivity index (χ1) is 11.9. The van der Waals surface area contributed by atoms with Gasteiger partial charge in [0.05, 0.1) is 0 Å². The lowest BCUT2D eigenvalue weighted by molar-refractivity contribution is -0.274. The van der Waals surface area contributed by atoms with Crippen molar-refractivity contribution in [3.63, 3.8) is 0 Å². The second-order valence-electron chi connectivity index (χ2n) is 5.54. The third-order valence-corrected chi connectivity index (χ3v) is 3.88. The van der Waals surface area contributed by atoms with E-state index in [2.05, 4.69) is 14.6 Å². The maximum atomic E-state index is 12.5. The summed E-state index contributed by atoms with van der Waals surface area (Å²) in [5.41, 5.74) is 0.334. The Morgan fingerprint density at radius 2 is 1.68 bits per heavy atom. The van der Waals surface area contributed by atoms with Gasteiger partial charge in [0.25, 0.3) is 5.91 Å². The highest BCUT2D eigenvalue weighted by molar-refractivity contribution is 5.94. The van der Waals surface area contributed by atoms with Crippen LogP contribution in [0.1, 0.15) is 10.4 Å². The van der Waals surface area contributed by atoms with Crippen LogP contribution in [-0.2, 0) is 0 Å². The third kappa shape index (κ3) is 4.40. The van der Waals surface area contributed by atoms with Crippen LogP contribution in [0.25, 0.3) is 0 Å². The van der Waals surface area contributed by atoms with Crippen molar-refractivity contribution >= 4 is 11.7 Å². The SMILES string of the molecule is O=C(c1ccc(OC(F)(F)F)cc1)N1CCN(c2ccccn2)CC1. The van der Waals surface area contributed by atoms with Gasteiger partial charge in [-0.05, 0) is 36.4 Å². The van der Waals surface area contributed by atoms with Gasteiger partial charge in [-0.2, -0.15) is 0 Å². The molecule has 2 aromatic rings. The molecule has 0 N–H and O–H groups in total. The molecule has 2 heterocycles. The molecule has 1 fully saturated rings. The molecule has 1 amide bonds. The molecule has 8 heteroatoms. The number of alkyl halides is 3. The number of carbonyl (C=O) groups is 1. The van der Waals surface area contributed by atoms with Gasteiger partial charge < -0.3 is 14.5 Å². The predicted octanol–water partition coefficient (Wildman–Crippen LogP) is 2.94. The quantitative estimate of drug-likeness (QED) is 0.853. The number of anilines is 1. The van der Waals surface area contributed by atoms with Gasteiger partial charge in [-0.3, -0.25) is 4.79 Å². The second-order valence-corrected chi connectivity index (χ2v) is 5.54. The predicted molar refractivity (Wildman–Crippen MR) is 85.5 cm³/mol. The first-order valence-electron chi connectivity index (χ1n) is 7.73. The number of piperazine rings is 1. The van der Waals surface area contributed by atoms with E-state index >= 15 is 0 Å². The number of amides is 1. The molecule has 25 heavy (non-hydrogen) atoms. The molecular formula is C17H16F3N3O2. The van der Waals surface area contributed by atoms with Crippen molar-refractivity contribution in [2.24, 2.45) is 0 Å². The van der Waals surface area contributed by atoms with Crippen molar-refractivity contribution in [1.29, 1.82) is 0 Å². The number of carbonyl (C=O) groups excluding carboxylic acids is 1. The minimum atomic E-state index is -4.74. The molecule has 1 aliphatic heterocycles. The van der Waals surface area contributed by atoms with E-state index in [-0.39, 0.29) is 11.7 Å². The van der Waals surface area contributed by atoms with Crippen molar-refractivity contribution in [3.05, 3.63) is 54.2 Å². The Labute approximate surface area is 142 Å². The van der Waals surface area contributed by atoms with E-state index in [1.54, 1.807) is 11.1 Å². The van der Waals surface area contributed by atoms with E-state index in [1.807, 2.05) is 18.2 Å². The molecular weight excluding hydrogens is 335 g/mol. The number of hydrogen-bond donors (Lipinski definition) is 0. The van der Waals surface area contributed by atoms with Gasteiger partial charge in [0.1, 0.15) is 11.6 Å². The Morgan fingerprint density at radius 3 is 2.24 bits per heavy atom. The molecule has 3 rings (SSSR count). The maximum absolute atomic E-state index is 12.5. The topological polar surface area (TPSA) is 45.7 Å². The second kappa shape index (κ2) is 7.00. The maximum Gasteiger partial charge on any atom is 0.573 e. The van der Waals surface area contributed by atoms with Crippen LogP contribution in [-0.4, -0.2) is 48.3 Å². The molecule has 5 nitrogen and oxygen atoms in total. The number of rotatable bonds is 3. The molecule has 0 radical (unpaired) electrons. The summed E-state index contributed by atoms with van der Waals surface area (Å²) < 4.78 is 40.3. The summed E-state index contributed by atoms with van der Waals surface area (Å²) in [6.45, 7) is 2.35. The van der Waals surface area contributed by atoms with Crippen molar-refractivity contribution in [3.8, 4) is 5.75 Å². The lowest BCUT2D eigenvalue weighted by Gasteiger charge is -2.35. The smallest absolute Gasteiger partial charge is 0.406 e. The zero-order chi connectivity index (χ0) is 17.9. The summed E-state index contributed by atoms with van der Waals surface area (Å²) in [7, 11) is 0. The molecule has 0 spiro atoms. The van der Waals surface area contributed by atoms with Gasteiger partial charge in [0.15, 0.2) is 0 Å². The highest BCUT2D eigenvalue weighted by Crippen LogP contribution is 2.23. The van der Waals surface area contributed by atoms with E-state index in [0.29, 0.717) is 31.7 Å². The highest BCUT2D eigenvalue weighted by atomic mass is 19.4. The Bertz CT molecular complexity index is 712. The van der Waals surface area contributed by atoms with Crippen molar-refractivity contribution < 1.29 is 22.7 Å². The largest absolute Gasteiger partial charge is 0.573 e. The van der Waals surface area contributed by atoms with E-state index in [1.165, 1.54) is 12.1 Å². The number of ether oxygens (including phenoxy) is 1. The third-order valence-electron chi connectivity index (χ3n) is 3.88. The van der Waals surface area contributed by atoms with E-state index in [9.17, 15) is 18.0 Å². The first kappa shape index (κ1) is 17.1. The summed E-state index contributed by atoms with van der Waals surface area (Å²) in [6.07, 6.45) is -3.02. The lowest BCUT2D eigenvalue weighted by Crippen LogP contribution is -2.49. The molecule has 1 aromatic carbocycles. The Morgan fingerprint density at radius 1 is 1.00 bits per heavy atom. The Balaban J connectivity index is 1.59. The number of halogens is 3. The standard InChI is InChI=1S/C17H16F3N3O2/c18-17(19,20)25-14-6-4-13(5-7-14)16(24)23-11-9-22(10-12-23)15-3-1-2-8-21-15/h1-8H,9-12H2. The fraction of sp³-hybridized carbons (Fsp3) is 0.294. The average Bonchev–Trinajstić information content (AvgIpc) is 2.61. The zero-order valence-corrected chi connectivity index (χ0v) is 13.2. The van der Waals surface area contributed by atoms with Gasteiger partial charge in [-0.25, -0.2) is 4.98 Å². The summed E-state index contributed by atoms with van der Waals surface area (Å²) >= 11 is 0. The number of pyridine rings is 1. The Kier molecular flexibility index (Phi) is 4.78. The molecule has 0 bridgehead atoms. The minimum absolute atomic E-state index is 0.209. The van der Waals surface area contributed by atoms with Crippen LogP contribution in [0.15, 0.2) is 48.7 Å². The zero-order valence-electron chi connectivity index (χ0n) is 13.2. The Hall–Kier alpha value is -2.77. The number of nitrogens with zero attached hydrogens (tertiary/aromatic N) is 3. The van der Waals surface area contributed by atoms with E-state index in [0.717, 1.165) is 18.0 Å². The van der Waals surface area contributed by atoms with Gasteiger partial charge in [-0.15, -0.1) is 13.2 Å². The lowest BCUT2D eigenvalue weighted by atomic mass is 10.1. The summed E-state index contributed by atoms with van der Waals surface area (Å²) in [4.78, 5) is 20.5. The van der Waals surface area contributed by atoms with E-state index < -0.39 is 6.36 Å². The molecule has 0 atom stereocenters. The van der Waals surface area contributed by atoms with Crippen molar-refractivity contribution in [2.75, 3.05) is 31.1 Å². The highest BCUT2D eigenvalue weighted by Gasteiger charge is 2.31. The number of benzene rings is 1.